The topological polar surface area (TPSA) is 59.3 Å². The van der Waals surface area contributed by atoms with Gasteiger partial charge in [-0.05, 0) is 41.1 Å². The number of aliphatic carboxylic acids is 1. The number of carboxylic acids is 1. The second-order valence-electron chi connectivity index (χ2n) is 5.29. The molecule has 0 spiro atoms. The van der Waals surface area contributed by atoms with Gasteiger partial charge in [-0.1, -0.05) is 12.1 Å². The highest BCUT2D eigenvalue weighted by molar-refractivity contribution is 9.10. The molecule has 0 saturated heterocycles. The Morgan fingerprint density at radius 1 is 1.21 bits per heavy atom. The van der Waals surface area contributed by atoms with Crippen molar-refractivity contribution in [3.8, 4) is 0 Å². The highest BCUT2D eigenvalue weighted by Crippen LogP contribution is 2.31. The van der Waals surface area contributed by atoms with Crippen LogP contribution >= 0.6 is 15.9 Å². The maximum Gasteiger partial charge on any atom is 0.416 e. The van der Waals surface area contributed by atoms with Crippen molar-refractivity contribution in [3.05, 3.63) is 57.3 Å². The third-order valence-electron chi connectivity index (χ3n) is 3.73. The van der Waals surface area contributed by atoms with E-state index in [-0.39, 0.29) is 11.3 Å². The van der Waals surface area contributed by atoms with Gasteiger partial charge in [-0.2, -0.15) is 13.2 Å². The number of benzene rings is 1. The summed E-state index contributed by atoms with van der Waals surface area (Å²) < 4.78 is 39.6. The monoisotopic (exact) mass is 403 g/mol. The lowest BCUT2D eigenvalue weighted by atomic mass is 10.1. The SMILES string of the molecule is CC(C(=O)O)c1cc(Br)c(C(=O)c2ccc(C(F)(F)F)cc2)n1C. The molecule has 1 aromatic heterocycles. The van der Waals surface area contributed by atoms with E-state index in [0.29, 0.717) is 10.2 Å². The molecule has 8 heteroatoms. The Kier molecular flexibility index (Phi) is 4.89. The molecule has 0 aliphatic carbocycles. The first-order valence-electron chi connectivity index (χ1n) is 6.84. The molecule has 2 rings (SSSR count). The summed E-state index contributed by atoms with van der Waals surface area (Å²) in [6.45, 7) is 1.48. The van der Waals surface area contributed by atoms with Crippen molar-refractivity contribution in [1.29, 1.82) is 0 Å². The van der Waals surface area contributed by atoms with Crippen LogP contribution in [0.1, 0.15) is 40.2 Å². The summed E-state index contributed by atoms with van der Waals surface area (Å²) >= 11 is 3.21. The van der Waals surface area contributed by atoms with Crippen LogP contribution in [0.5, 0.6) is 0 Å². The molecule has 1 unspecified atom stereocenters. The van der Waals surface area contributed by atoms with E-state index in [1.54, 1.807) is 0 Å². The predicted molar refractivity (Wildman–Crippen MR) is 84.0 cm³/mol. The van der Waals surface area contributed by atoms with Gasteiger partial charge in [0.15, 0.2) is 0 Å². The van der Waals surface area contributed by atoms with Gasteiger partial charge in [0.1, 0.15) is 5.69 Å². The molecule has 0 amide bonds. The van der Waals surface area contributed by atoms with E-state index in [1.807, 2.05) is 0 Å². The number of hydrogen-bond donors (Lipinski definition) is 1. The molecule has 1 N–H and O–H groups in total. The Morgan fingerprint density at radius 2 is 1.75 bits per heavy atom. The molecule has 0 fully saturated rings. The number of rotatable bonds is 4. The Bertz CT molecular complexity index is 794. The second kappa shape index (κ2) is 6.43. The molecule has 0 radical (unpaired) electrons. The highest BCUT2D eigenvalue weighted by atomic mass is 79.9. The second-order valence-corrected chi connectivity index (χ2v) is 6.14. The zero-order chi connectivity index (χ0) is 18.2. The average molecular weight is 404 g/mol. The molecule has 0 aliphatic rings. The lowest BCUT2D eigenvalue weighted by Gasteiger charge is -2.11. The van der Waals surface area contributed by atoms with Crippen LogP contribution in [0.15, 0.2) is 34.8 Å². The number of aromatic nitrogens is 1. The van der Waals surface area contributed by atoms with Crippen LogP contribution in [-0.4, -0.2) is 21.4 Å². The summed E-state index contributed by atoms with van der Waals surface area (Å²) in [7, 11) is 1.54. The van der Waals surface area contributed by atoms with Crippen molar-refractivity contribution < 1.29 is 27.9 Å². The van der Waals surface area contributed by atoms with Crippen LogP contribution in [0.25, 0.3) is 0 Å². The minimum atomic E-state index is -4.47. The third kappa shape index (κ3) is 3.38. The smallest absolute Gasteiger partial charge is 0.416 e. The van der Waals surface area contributed by atoms with E-state index < -0.39 is 29.4 Å². The minimum absolute atomic E-state index is 0.0828. The van der Waals surface area contributed by atoms with Gasteiger partial charge < -0.3 is 9.67 Å². The van der Waals surface area contributed by atoms with Crippen molar-refractivity contribution in [2.75, 3.05) is 0 Å². The predicted octanol–water partition coefficient (Wildman–Crippen LogP) is 4.23. The van der Waals surface area contributed by atoms with Crippen molar-refractivity contribution in [1.82, 2.24) is 4.57 Å². The molecule has 1 atom stereocenters. The molecule has 0 aliphatic heterocycles. The van der Waals surface area contributed by atoms with E-state index in [0.717, 1.165) is 24.3 Å². The summed E-state index contributed by atoms with van der Waals surface area (Å²) in [5, 5.41) is 9.10. The van der Waals surface area contributed by atoms with Crippen LogP contribution in [0.3, 0.4) is 0 Å². The molecule has 24 heavy (non-hydrogen) atoms. The van der Waals surface area contributed by atoms with E-state index in [2.05, 4.69) is 15.9 Å². The van der Waals surface area contributed by atoms with Gasteiger partial charge >= 0.3 is 12.1 Å². The molecule has 4 nitrogen and oxygen atoms in total. The summed E-state index contributed by atoms with van der Waals surface area (Å²) in [6.07, 6.45) is -4.47. The van der Waals surface area contributed by atoms with Crippen LogP contribution < -0.4 is 0 Å². The molecule has 2 aromatic rings. The average Bonchev–Trinajstić information content (AvgIpc) is 2.79. The minimum Gasteiger partial charge on any atom is -0.481 e. The van der Waals surface area contributed by atoms with Gasteiger partial charge in [0, 0.05) is 22.8 Å². The summed E-state index contributed by atoms with van der Waals surface area (Å²) in [5.41, 5.74) is -0.174. The van der Waals surface area contributed by atoms with Gasteiger partial charge in [-0.25, -0.2) is 0 Å². The maximum atomic E-state index is 12.6. The van der Waals surface area contributed by atoms with Crippen molar-refractivity contribution in [2.24, 2.45) is 7.05 Å². The first kappa shape index (κ1) is 18.3. The lowest BCUT2D eigenvalue weighted by Crippen LogP contribution is -2.15. The molecule has 128 valence electrons. The molecule has 1 heterocycles. The van der Waals surface area contributed by atoms with Crippen molar-refractivity contribution in [2.45, 2.75) is 19.0 Å². The number of hydrogen-bond acceptors (Lipinski definition) is 2. The van der Waals surface area contributed by atoms with E-state index in [1.165, 1.54) is 24.6 Å². The normalized spacial score (nSPS) is 12.9. The molecule has 0 saturated carbocycles. The largest absolute Gasteiger partial charge is 0.481 e. The fourth-order valence-electron chi connectivity index (χ4n) is 2.33. The van der Waals surface area contributed by atoms with E-state index in [9.17, 15) is 22.8 Å². The number of ketones is 1. The van der Waals surface area contributed by atoms with Gasteiger partial charge in [-0.3, -0.25) is 9.59 Å². The Morgan fingerprint density at radius 3 is 2.21 bits per heavy atom. The molecule has 1 aromatic carbocycles. The summed E-state index contributed by atoms with van der Waals surface area (Å²) in [6, 6.07) is 5.40. The number of carbonyl (C=O) groups excluding carboxylic acids is 1. The summed E-state index contributed by atoms with van der Waals surface area (Å²) in [4.78, 5) is 23.7. The fourth-order valence-corrected chi connectivity index (χ4v) is 3.01. The van der Waals surface area contributed by atoms with E-state index in [4.69, 9.17) is 5.11 Å². The van der Waals surface area contributed by atoms with Crippen LogP contribution in [0.4, 0.5) is 13.2 Å². The zero-order valence-electron chi connectivity index (χ0n) is 12.7. The molecular weight excluding hydrogens is 391 g/mol. The number of carbonyl (C=O) groups is 2. The summed E-state index contributed by atoms with van der Waals surface area (Å²) in [5.74, 6) is -2.38. The number of alkyl halides is 3. The van der Waals surface area contributed by atoms with Gasteiger partial charge in [0.2, 0.25) is 5.78 Å². The zero-order valence-corrected chi connectivity index (χ0v) is 14.3. The standard InChI is InChI=1S/C16H13BrF3NO3/c1-8(15(23)24)12-7-11(17)13(21(12)2)14(22)9-3-5-10(6-4-9)16(18,19)20/h3-8H,1-2H3,(H,23,24). The highest BCUT2D eigenvalue weighted by Gasteiger charge is 2.31. The van der Waals surface area contributed by atoms with Crippen LogP contribution in [0.2, 0.25) is 0 Å². The van der Waals surface area contributed by atoms with E-state index >= 15 is 0 Å². The number of carboxylic acid groups (broad SMARTS) is 1. The fraction of sp³-hybridized carbons (Fsp3) is 0.250. The molecule has 0 bridgehead atoms. The van der Waals surface area contributed by atoms with Gasteiger partial charge in [-0.15, -0.1) is 0 Å². The molecular formula is C16H13BrF3NO3. The van der Waals surface area contributed by atoms with Crippen molar-refractivity contribution in [3.63, 3.8) is 0 Å². The van der Waals surface area contributed by atoms with Crippen LogP contribution in [-0.2, 0) is 18.0 Å². The quantitative estimate of drug-likeness (QED) is 0.777. The van der Waals surface area contributed by atoms with Gasteiger partial charge in [0.25, 0.3) is 0 Å². The lowest BCUT2D eigenvalue weighted by molar-refractivity contribution is -0.139. The Balaban J connectivity index is 2.42. The maximum absolute atomic E-state index is 12.6. The first-order valence-corrected chi connectivity index (χ1v) is 7.63. The first-order chi connectivity index (χ1) is 11.0. The Hall–Kier alpha value is -2.09. The van der Waals surface area contributed by atoms with Crippen LogP contribution in [0, 0.1) is 0 Å². The van der Waals surface area contributed by atoms with Crippen molar-refractivity contribution >= 4 is 27.7 Å². The number of nitrogens with zero attached hydrogens (tertiary/aromatic N) is 1. The number of halogens is 4. The van der Waals surface area contributed by atoms with Gasteiger partial charge in [0.05, 0.1) is 11.5 Å². The Labute approximate surface area is 144 Å². The third-order valence-corrected chi connectivity index (χ3v) is 4.33.